The molecule has 2 aromatic rings. The van der Waals surface area contributed by atoms with Crippen molar-refractivity contribution in [3.8, 4) is 0 Å². The molecule has 0 saturated carbocycles. The molecule has 2 N–H and O–H groups in total. The molecule has 80 valence electrons. The van der Waals surface area contributed by atoms with Gasteiger partial charge in [0.15, 0.2) is 5.65 Å². The van der Waals surface area contributed by atoms with E-state index in [1.54, 1.807) is 11.8 Å². The van der Waals surface area contributed by atoms with E-state index < -0.39 is 0 Å². The Hall–Kier alpha value is -0.680. The molecule has 0 aromatic carbocycles. The van der Waals surface area contributed by atoms with Crippen molar-refractivity contribution in [2.45, 2.75) is 6.42 Å². The molecule has 15 heavy (non-hydrogen) atoms. The molecular formula is C10H12BrN3S. The number of nitrogens with two attached hydrogens (primary N) is 1. The number of thioether (sulfide) groups is 1. The van der Waals surface area contributed by atoms with Crippen LogP contribution in [0.15, 0.2) is 22.8 Å². The van der Waals surface area contributed by atoms with Crippen molar-refractivity contribution in [2.24, 2.45) is 0 Å². The Bertz CT molecular complexity index is 481. The van der Waals surface area contributed by atoms with Crippen LogP contribution < -0.4 is 5.73 Å². The third kappa shape index (κ3) is 1.99. The van der Waals surface area contributed by atoms with Gasteiger partial charge in [-0.1, -0.05) is 0 Å². The molecule has 0 saturated heterocycles. The minimum absolute atomic E-state index is 0.750. The first-order valence-corrected chi connectivity index (χ1v) is 6.82. The van der Waals surface area contributed by atoms with Crippen LogP contribution in [0.5, 0.6) is 0 Å². The van der Waals surface area contributed by atoms with Crippen LogP contribution in [0.1, 0.15) is 5.69 Å². The average molecular weight is 286 g/mol. The van der Waals surface area contributed by atoms with Gasteiger partial charge in [0.2, 0.25) is 0 Å². The molecule has 0 aliphatic rings. The smallest absolute Gasteiger partial charge is 0.153 e. The molecule has 0 spiro atoms. The summed E-state index contributed by atoms with van der Waals surface area (Å²) in [7, 11) is 0. The number of anilines is 1. The summed E-state index contributed by atoms with van der Waals surface area (Å²) in [4.78, 5) is 4.53. The van der Waals surface area contributed by atoms with Crippen molar-refractivity contribution < 1.29 is 0 Å². The number of halogens is 1. The maximum atomic E-state index is 6.02. The lowest BCUT2D eigenvalue weighted by atomic mass is 10.3. The zero-order valence-electron chi connectivity index (χ0n) is 8.40. The first-order valence-electron chi connectivity index (χ1n) is 4.64. The van der Waals surface area contributed by atoms with E-state index in [1.165, 1.54) is 0 Å². The van der Waals surface area contributed by atoms with Crippen molar-refractivity contribution in [1.29, 1.82) is 0 Å². The summed E-state index contributed by atoms with van der Waals surface area (Å²) >= 11 is 5.27. The van der Waals surface area contributed by atoms with Crippen LogP contribution in [0.25, 0.3) is 5.65 Å². The Morgan fingerprint density at radius 1 is 1.60 bits per heavy atom. The van der Waals surface area contributed by atoms with Crippen LogP contribution in [0.2, 0.25) is 0 Å². The molecule has 0 radical (unpaired) electrons. The average Bonchev–Trinajstić information content (AvgIpc) is 2.55. The topological polar surface area (TPSA) is 43.3 Å². The zero-order valence-corrected chi connectivity index (χ0v) is 10.8. The second-order valence-corrected chi connectivity index (χ2v) is 5.08. The number of hydrogen-bond acceptors (Lipinski definition) is 3. The number of nitrogens with zero attached hydrogens (tertiary/aromatic N) is 2. The summed E-state index contributed by atoms with van der Waals surface area (Å²) in [5, 5.41) is 0. The van der Waals surface area contributed by atoms with Gasteiger partial charge < -0.3 is 5.73 Å². The monoisotopic (exact) mass is 285 g/mol. The van der Waals surface area contributed by atoms with Gasteiger partial charge in [-0.15, -0.1) is 0 Å². The third-order valence-electron chi connectivity index (χ3n) is 2.26. The van der Waals surface area contributed by atoms with Crippen LogP contribution >= 0.6 is 27.7 Å². The van der Waals surface area contributed by atoms with Gasteiger partial charge in [0.25, 0.3) is 0 Å². The van der Waals surface area contributed by atoms with Crippen LogP contribution in [0, 0.1) is 0 Å². The van der Waals surface area contributed by atoms with Crippen LogP contribution in [0.3, 0.4) is 0 Å². The summed E-state index contributed by atoms with van der Waals surface area (Å²) < 4.78 is 2.90. The summed E-state index contributed by atoms with van der Waals surface area (Å²) in [6.07, 6.45) is 4.94. The molecule has 0 amide bonds. The number of aryl methyl sites for hydroxylation is 1. The molecule has 0 aliphatic heterocycles. The molecule has 2 heterocycles. The number of hydrogen-bond donors (Lipinski definition) is 1. The number of rotatable bonds is 3. The highest BCUT2D eigenvalue weighted by Crippen LogP contribution is 2.22. The predicted molar refractivity (Wildman–Crippen MR) is 69.4 cm³/mol. The fourth-order valence-corrected chi connectivity index (χ4v) is 2.31. The Labute approximate surface area is 101 Å². The van der Waals surface area contributed by atoms with Crippen LogP contribution in [-0.4, -0.2) is 21.4 Å². The van der Waals surface area contributed by atoms with E-state index in [2.05, 4.69) is 27.2 Å². The lowest BCUT2D eigenvalue weighted by Crippen LogP contribution is -1.97. The third-order valence-corrected chi connectivity index (χ3v) is 3.49. The zero-order chi connectivity index (χ0) is 10.8. The normalized spacial score (nSPS) is 11.1. The van der Waals surface area contributed by atoms with E-state index in [4.69, 9.17) is 5.73 Å². The van der Waals surface area contributed by atoms with Gasteiger partial charge in [-0.05, 0) is 40.1 Å². The van der Waals surface area contributed by atoms with Crippen molar-refractivity contribution in [3.63, 3.8) is 0 Å². The minimum Gasteiger partial charge on any atom is -0.383 e. The van der Waals surface area contributed by atoms with Gasteiger partial charge in [-0.2, -0.15) is 11.8 Å². The fraction of sp³-hybridized carbons (Fsp3) is 0.300. The highest BCUT2D eigenvalue weighted by atomic mass is 79.9. The van der Waals surface area contributed by atoms with E-state index in [9.17, 15) is 0 Å². The summed E-state index contributed by atoms with van der Waals surface area (Å²) in [6.45, 7) is 0. The molecule has 0 fully saturated rings. The molecule has 0 atom stereocenters. The summed E-state index contributed by atoms with van der Waals surface area (Å²) in [5.74, 6) is 1.80. The van der Waals surface area contributed by atoms with Crippen molar-refractivity contribution in [1.82, 2.24) is 9.38 Å². The molecule has 2 aromatic heterocycles. The second-order valence-electron chi connectivity index (χ2n) is 3.24. The van der Waals surface area contributed by atoms with Crippen LogP contribution in [-0.2, 0) is 6.42 Å². The van der Waals surface area contributed by atoms with Gasteiger partial charge in [0, 0.05) is 12.6 Å². The van der Waals surface area contributed by atoms with Gasteiger partial charge >= 0.3 is 0 Å². The van der Waals surface area contributed by atoms with Crippen molar-refractivity contribution >= 4 is 39.2 Å². The lowest BCUT2D eigenvalue weighted by molar-refractivity contribution is 1.09. The Morgan fingerprint density at radius 2 is 2.40 bits per heavy atom. The number of aromatic nitrogens is 2. The van der Waals surface area contributed by atoms with E-state index in [-0.39, 0.29) is 0 Å². The maximum Gasteiger partial charge on any atom is 0.153 e. The van der Waals surface area contributed by atoms with Gasteiger partial charge in [-0.3, -0.25) is 4.40 Å². The fourth-order valence-electron chi connectivity index (χ4n) is 1.48. The molecule has 3 nitrogen and oxygen atoms in total. The first kappa shape index (κ1) is 10.8. The van der Waals surface area contributed by atoms with Crippen LogP contribution in [0.4, 0.5) is 5.82 Å². The standard InChI is InChI=1S/C10H12BrN3S/c1-15-6-4-8-9(12)14-5-2-3-7(11)10(14)13-8/h2-3,5H,4,6,12H2,1H3. The SMILES string of the molecule is CSCCc1nc2c(Br)cccn2c1N. The van der Waals surface area contributed by atoms with E-state index in [0.717, 1.165) is 33.8 Å². The number of imidazole rings is 1. The molecule has 2 rings (SSSR count). The van der Waals surface area contributed by atoms with Gasteiger partial charge in [0.05, 0.1) is 10.2 Å². The van der Waals surface area contributed by atoms with Crippen molar-refractivity contribution in [3.05, 3.63) is 28.5 Å². The quantitative estimate of drug-likeness (QED) is 0.943. The number of fused-ring (bicyclic) bond motifs is 1. The highest BCUT2D eigenvalue weighted by molar-refractivity contribution is 9.10. The molecule has 0 unspecified atom stereocenters. The van der Waals surface area contributed by atoms with Gasteiger partial charge in [0.1, 0.15) is 5.82 Å². The molecule has 0 aliphatic carbocycles. The minimum atomic E-state index is 0.750. The largest absolute Gasteiger partial charge is 0.383 e. The Balaban J connectivity index is 2.49. The highest BCUT2D eigenvalue weighted by Gasteiger charge is 2.10. The number of pyridine rings is 1. The van der Waals surface area contributed by atoms with E-state index in [1.807, 2.05) is 22.7 Å². The molecule has 0 bridgehead atoms. The second kappa shape index (κ2) is 4.45. The maximum absolute atomic E-state index is 6.02. The Kier molecular flexibility index (Phi) is 3.21. The van der Waals surface area contributed by atoms with E-state index >= 15 is 0 Å². The molecular weight excluding hydrogens is 274 g/mol. The summed E-state index contributed by atoms with van der Waals surface area (Å²) in [6, 6.07) is 3.92. The predicted octanol–water partition coefficient (Wildman–Crippen LogP) is 2.58. The van der Waals surface area contributed by atoms with Crippen molar-refractivity contribution in [2.75, 3.05) is 17.7 Å². The lowest BCUT2D eigenvalue weighted by Gasteiger charge is -1.97. The number of nitrogen functional groups attached to an aromatic ring is 1. The Morgan fingerprint density at radius 3 is 3.07 bits per heavy atom. The molecule has 5 heteroatoms. The van der Waals surface area contributed by atoms with Gasteiger partial charge in [-0.25, -0.2) is 4.98 Å². The van der Waals surface area contributed by atoms with E-state index in [0.29, 0.717) is 0 Å². The first-order chi connectivity index (χ1) is 7.24. The summed E-state index contributed by atoms with van der Waals surface area (Å²) in [5.41, 5.74) is 7.90.